The number of aryl methyl sites for hydroxylation is 1. The van der Waals surface area contributed by atoms with Crippen molar-refractivity contribution < 1.29 is 14.3 Å². The normalized spacial score (nSPS) is 11.1. The number of carbonyl (C=O) groups is 2. The standard InChI is InChI=1S/C31H27N3O4S/c1-3-38-31(37)28-25-19-39-29(27(25)30(36)34(33-28)23-16-10-11-20(2)17-23)32-26(35)18-24(21-12-6-4-7-13-21)22-14-8-5-9-15-22/h4-17,19,24H,3,18H2,1-2H3,(H,32,35). The van der Waals surface area contributed by atoms with Crippen molar-refractivity contribution in [1.29, 1.82) is 0 Å². The summed E-state index contributed by atoms with van der Waals surface area (Å²) in [6.45, 7) is 3.78. The number of fused-ring (bicyclic) bond motifs is 1. The number of esters is 1. The molecule has 2 heterocycles. The van der Waals surface area contributed by atoms with E-state index in [1.807, 2.05) is 85.8 Å². The number of thiophene rings is 1. The number of ether oxygens (including phenoxy) is 1. The minimum Gasteiger partial charge on any atom is -0.461 e. The lowest BCUT2D eigenvalue weighted by atomic mass is 9.88. The fourth-order valence-corrected chi connectivity index (χ4v) is 5.54. The zero-order chi connectivity index (χ0) is 27.4. The van der Waals surface area contributed by atoms with Crippen LogP contribution in [0.2, 0.25) is 0 Å². The Kier molecular flexibility index (Phi) is 7.65. The first kappa shape index (κ1) is 26.1. The van der Waals surface area contributed by atoms with Gasteiger partial charge in [0.15, 0.2) is 5.69 Å². The monoisotopic (exact) mass is 537 g/mol. The maximum absolute atomic E-state index is 13.7. The van der Waals surface area contributed by atoms with E-state index in [2.05, 4.69) is 10.4 Å². The van der Waals surface area contributed by atoms with E-state index in [1.54, 1.807) is 18.4 Å². The molecule has 0 spiro atoms. The van der Waals surface area contributed by atoms with Gasteiger partial charge in [-0.2, -0.15) is 9.78 Å². The smallest absolute Gasteiger partial charge is 0.359 e. The molecule has 0 aliphatic rings. The van der Waals surface area contributed by atoms with Gasteiger partial charge in [0.25, 0.3) is 5.56 Å². The summed E-state index contributed by atoms with van der Waals surface area (Å²) in [5, 5.41) is 9.94. The number of anilines is 1. The molecule has 0 unspecified atom stereocenters. The highest BCUT2D eigenvalue weighted by Crippen LogP contribution is 2.33. The third kappa shape index (κ3) is 5.51. The summed E-state index contributed by atoms with van der Waals surface area (Å²) in [6.07, 6.45) is 0.176. The second-order valence-corrected chi connectivity index (χ2v) is 9.98. The zero-order valence-electron chi connectivity index (χ0n) is 21.6. The summed E-state index contributed by atoms with van der Waals surface area (Å²) in [4.78, 5) is 40.0. The average molecular weight is 538 g/mol. The molecule has 0 saturated heterocycles. The SMILES string of the molecule is CCOC(=O)c1nn(-c2cccc(C)c2)c(=O)c2c(NC(=O)CC(c3ccccc3)c3ccccc3)scc12. The van der Waals surface area contributed by atoms with E-state index in [9.17, 15) is 14.4 Å². The lowest BCUT2D eigenvalue weighted by Gasteiger charge is -2.18. The molecule has 1 amide bonds. The number of rotatable bonds is 8. The molecule has 7 nitrogen and oxygen atoms in total. The van der Waals surface area contributed by atoms with Crippen molar-refractivity contribution >= 4 is 39.0 Å². The first-order valence-electron chi connectivity index (χ1n) is 12.6. The van der Waals surface area contributed by atoms with Crippen LogP contribution in [0.5, 0.6) is 0 Å². The molecule has 0 aliphatic carbocycles. The molecule has 5 rings (SSSR count). The van der Waals surface area contributed by atoms with Crippen LogP contribution in [0.1, 0.15) is 46.4 Å². The Morgan fingerprint density at radius 1 is 0.974 bits per heavy atom. The number of benzene rings is 3. The minimum absolute atomic E-state index is 0.0242. The summed E-state index contributed by atoms with van der Waals surface area (Å²) in [7, 11) is 0. The maximum Gasteiger partial charge on any atom is 0.359 e. The number of carbonyl (C=O) groups excluding carboxylic acids is 2. The van der Waals surface area contributed by atoms with Crippen LogP contribution in [0, 0.1) is 6.92 Å². The van der Waals surface area contributed by atoms with E-state index in [1.165, 1.54) is 16.0 Å². The third-order valence-corrected chi connectivity index (χ3v) is 7.31. The molecule has 5 aromatic rings. The predicted octanol–water partition coefficient (Wildman–Crippen LogP) is 6.09. The Balaban J connectivity index is 1.55. The summed E-state index contributed by atoms with van der Waals surface area (Å²) in [6, 6.07) is 27.0. The Morgan fingerprint density at radius 2 is 1.64 bits per heavy atom. The molecular weight excluding hydrogens is 510 g/mol. The van der Waals surface area contributed by atoms with Gasteiger partial charge in [0.2, 0.25) is 5.91 Å². The van der Waals surface area contributed by atoms with Gasteiger partial charge in [-0.05, 0) is 42.7 Å². The van der Waals surface area contributed by atoms with Crippen molar-refractivity contribution in [2.24, 2.45) is 0 Å². The summed E-state index contributed by atoms with van der Waals surface area (Å²) >= 11 is 1.19. The van der Waals surface area contributed by atoms with Gasteiger partial charge in [-0.25, -0.2) is 4.79 Å². The molecule has 8 heteroatoms. The molecule has 0 bridgehead atoms. The van der Waals surface area contributed by atoms with Gasteiger partial charge < -0.3 is 10.1 Å². The van der Waals surface area contributed by atoms with E-state index >= 15 is 0 Å². The Morgan fingerprint density at radius 3 is 2.26 bits per heavy atom. The summed E-state index contributed by atoms with van der Waals surface area (Å²) in [5.74, 6) is -1.04. The highest BCUT2D eigenvalue weighted by Gasteiger charge is 2.24. The second kappa shape index (κ2) is 11.4. The maximum atomic E-state index is 13.7. The first-order valence-corrected chi connectivity index (χ1v) is 13.5. The van der Waals surface area contributed by atoms with Gasteiger partial charge in [-0.3, -0.25) is 9.59 Å². The van der Waals surface area contributed by atoms with E-state index in [4.69, 9.17) is 4.74 Å². The van der Waals surface area contributed by atoms with Crippen molar-refractivity contribution in [2.75, 3.05) is 11.9 Å². The highest BCUT2D eigenvalue weighted by molar-refractivity contribution is 7.16. The third-order valence-electron chi connectivity index (χ3n) is 6.41. The van der Waals surface area contributed by atoms with E-state index in [-0.39, 0.29) is 35.9 Å². The van der Waals surface area contributed by atoms with Crippen molar-refractivity contribution in [2.45, 2.75) is 26.2 Å². The summed E-state index contributed by atoms with van der Waals surface area (Å²) < 4.78 is 6.43. The molecule has 0 fully saturated rings. The van der Waals surface area contributed by atoms with Crippen LogP contribution in [0.15, 0.2) is 95.1 Å². The molecule has 2 aromatic heterocycles. The molecule has 0 aliphatic heterocycles. The van der Waals surface area contributed by atoms with Gasteiger partial charge in [-0.1, -0.05) is 72.8 Å². The van der Waals surface area contributed by atoms with E-state index in [0.717, 1.165) is 16.7 Å². The number of hydrogen-bond donors (Lipinski definition) is 1. The summed E-state index contributed by atoms with van der Waals surface area (Å²) in [5.41, 5.74) is 3.09. The van der Waals surface area contributed by atoms with Crippen LogP contribution in [-0.4, -0.2) is 28.3 Å². The van der Waals surface area contributed by atoms with Gasteiger partial charge in [0, 0.05) is 23.1 Å². The number of hydrogen-bond acceptors (Lipinski definition) is 6. The van der Waals surface area contributed by atoms with Crippen LogP contribution in [0.3, 0.4) is 0 Å². The number of aromatic nitrogens is 2. The largest absolute Gasteiger partial charge is 0.461 e. The number of amides is 1. The van der Waals surface area contributed by atoms with Crippen molar-refractivity contribution in [1.82, 2.24) is 9.78 Å². The first-order chi connectivity index (χ1) is 19.0. The van der Waals surface area contributed by atoms with Gasteiger partial charge in [-0.15, -0.1) is 11.3 Å². The zero-order valence-corrected chi connectivity index (χ0v) is 22.4. The Labute approximate surface area is 229 Å². The second-order valence-electron chi connectivity index (χ2n) is 9.10. The van der Waals surface area contributed by atoms with Gasteiger partial charge in [0.05, 0.1) is 17.7 Å². The topological polar surface area (TPSA) is 90.3 Å². The number of nitrogens with zero attached hydrogens (tertiary/aromatic N) is 2. The highest BCUT2D eigenvalue weighted by atomic mass is 32.1. The van der Waals surface area contributed by atoms with Gasteiger partial charge in [0.1, 0.15) is 5.00 Å². The molecular formula is C31H27N3O4S. The molecule has 196 valence electrons. The van der Waals surface area contributed by atoms with Crippen LogP contribution in [0.4, 0.5) is 5.00 Å². The van der Waals surface area contributed by atoms with E-state index in [0.29, 0.717) is 16.1 Å². The molecule has 0 saturated carbocycles. The lowest BCUT2D eigenvalue weighted by molar-refractivity contribution is -0.116. The fraction of sp³-hybridized carbons (Fsp3) is 0.161. The minimum atomic E-state index is -0.632. The van der Waals surface area contributed by atoms with Crippen molar-refractivity contribution in [3.05, 3.63) is 123 Å². The molecule has 0 atom stereocenters. The van der Waals surface area contributed by atoms with Crippen molar-refractivity contribution in [3.8, 4) is 5.69 Å². The predicted molar refractivity (Wildman–Crippen MR) is 154 cm³/mol. The molecule has 0 radical (unpaired) electrons. The van der Waals surface area contributed by atoms with Crippen LogP contribution < -0.4 is 10.9 Å². The fourth-order valence-electron chi connectivity index (χ4n) is 4.59. The van der Waals surface area contributed by atoms with Crippen LogP contribution in [0.25, 0.3) is 16.5 Å². The van der Waals surface area contributed by atoms with E-state index < -0.39 is 11.5 Å². The number of nitrogens with one attached hydrogen (secondary N) is 1. The Hall–Kier alpha value is -4.56. The van der Waals surface area contributed by atoms with Crippen LogP contribution in [-0.2, 0) is 9.53 Å². The molecule has 1 N–H and O–H groups in total. The Bertz CT molecular complexity index is 1650. The quantitative estimate of drug-likeness (QED) is 0.242. The van der Waals surface area contributed by atoms with Crippen molar-refractivity contribution in [3.63, 3.8) is 0 Å². The van der Waals surface area contributed by atoms with Gasteiger partial charge >= 0.3 is 5.97 Å². The van der Waals surface area contributed by atoms with Crippen LogP contribution >= 0.6 is 11.3 Å². The average Bonchev–Trinajstić information content (AvgIpc) is 3.37. The lowest BCUT2D eigenvalue weighted by Crippen LogP contribution is -2.26. The molecule has 3 aromatic carbocycles. The molecule has 39 heavy (non-hydrogen) atoms.